The van der Waals surface area contributed by atoms with Crippen molar-refractivity contribution in [1.82, 2.24) is 0 Å². The summed E-state index contributed by atoms with van der Waals surface area (Å²) < 4.78 is 8.24. The van der Waals surface area contributed by atoms with Gasteiger partial charge in [0.15, 0.2) is 0 Å². The van der Waals surface area contributed by atoms with Crippen molar-refractivity contribution in [3.05, 3.63) is 70.3 Å². The van der Waals surface area contributed by atoms with Crippen LogP contribution >= 0.6 is 22.6 Å². The zero-order valence-corrected chi connectivity index (χ0v) is 19.1. The highest BCUT2D eigenvalue weighted by Gasteiger charge is 2.50. The van der Waals surface area contributed by atoms with Crippen molar-refractivity contribution in [1.29, 1.82) is 0 Å². The van der Waals surface area contributed by atoms with E-state index in [1.165, 1.54) is 14.0 Å². The molecule has 0 amide bonds. The molecule has 2 aromatic carbocycles. The topological polar surface area (TPSA) is 9.23 Å². The Morgan fingerprint density at radius 1 is 1.00 bits per heavy atom. The summed E-state index contributed by atoms with van der Waals surface area (Å²) in [7, 11) is -2.39. The Hall–Kier alpha value is -0.913. The average molecular weight is 464 g/mol. The van der Waals surface area contributed by atoms with Crippen LogP contribution in [0.3, 0.4) is 0 Å². The largest absolute Gasteiger partial charge is 0.407 e. The fraction of sp³-hybridized carbons (Fsp3) is 0.364. The van der Waals surface area contributed by atoms with Crippen LogP contribution < -0.4 is 10.4 Å². The third kappa shape index (κ3) is 4.83. The summed E-state index contributed by atoms with van der Waals surface area (Å²) in [5, 5.41) is 2.73. The minimum Gasteiger partial charge on any atom is -0.407 e. The first-order valence-corrected chi connectivity index (χ1v) is 11.8. The van der Waals surface area contributed by atoms with Gasteiger partial charge in [0.05, 0.1) is 0 Å². The van der Waals surface area contributed by atoms with Crippen LogP contribution in [0.5, 0.6) is 0 Å². The third-order valence-electron chi connectivity index (χ3n) is 4.49. The van der Waals surface area contributed by atoms with E-state index in [0.29, 0.717) is 5.92 Å². The first-order valence-electron chi connectivity index (χ1n) is 8.86. The van der Waals surface area contributed by atoms with Gasteiger partial charge in [-0.3, -0.25) is 0 Å². The lowest BCUT2D eigenvalue weighted by atomic mass is 10.2. The summed E-state index contributed by atoms with van der Waals surface area (Å²) >= 11 is 2.37. The van der Waals surface area contributed by atoms with Gasteiger partial charge < -0.3 is 4.43 Å². The van der Waals surface area contributed by atoms with Crippen molar-refractivity contribution < 1.29 is 4.43 Å². The van der Waals surface area contributed by atoms with Gasteiger partial charge in [-0.1, -0.05) is 94.4 Å². The molecule has 2 rings (SSSR count). The van der Waals surface area contributed by atoms with Crippen molar-refractivity contribution in [2.24, 2.45) is 5.92 Å². The van der Waals surface area contributed by atoms with E-state index in [9.17, 15) is 0 Å². The fourth-order valence-electron chi connectivity index (χ4n) is 3.46. The second-order valence-electron chi connectivity index (χ2n) is 7.70. The van der Waals surface area contributed by atoms with Gasteiger partial charge in [0.1, 0.15) is 0 Å². The van der Waals surface area contributed by atoms with E-state index in [4.69, 9.17) is 4.43 Å². The molecule has 2 aromatic rings. The third-order valence-corrected chi connectivity index (χ3v) is 9.86. The molecule has 0 bridgehead atoms. The van der Waals surface area contributed by atoms with Crippen LogP contribution in [-0.2, 0) is 4.43 Å². The summed E-state index contributed by atoms with van der Waals surface area (Å²) in [6, 6.07) is 21.7. The maximum absolute atomic E-state index is 6.92. The SMILES string of the molecule is C/C(I)=C\[C@H](C)CO[Si](c1ccccc1)(c1ccccc1)C(C)(C)C. The lowest BCUT2D eigenvalue weighted by Crippen LogP contribution is -2.66. The Kier molecular flexibility index (Phi) is 7.06. The monoisotopic (exact) mass is 464 g/mol. The van der Waals surface area contributed by atoms with E-state index in [1.54, 1.807) is 0 Å². The minimum atomic E-state index is -2.39. The Balaban J connectivity index is 2.55. The van der Waals surface area contributed by atoms with E-state index in [-0.39, 0.29) is 5.04 Å². The van der Waals surface area contributed by atoms with Crippen molar-refractivity contribution >= 4 is 41.3 Å². The van der Waals surface area contributed by atoms with Crippen LogP contribution in [0.1, 0.15) is 34.6 Å². The van der Waals surface area contributed by atoms with Crippen LogP contribution in [0.4, 0.5) is 0 Å². The molecule has 0 spiro atoms. The number of rotatable bonds is 6. The van der Waals surface area contributed by atoms with Crippen LogP contribution in [0, 0.1) is 5.92 Å². The number of hydrogen-bond donors (Lipinski definition) is 0. The second kappa shape index (κ2) is 8.65. The highest BCUT2D eigenvalue weighted by Crippen LogP contribution is 2.37. The molecule has 0 fully saturated rings. The normalized spacial score (nSPS) is 14.4. The lowest BCUT2D eigenvalue weighted by molar-refractivity contribution is 0.267. The fourth-order valence-corrected chi connectivity index (χ4v) is 8.74. The summed E-state index contributed by atoms with van der Waals surface area (Å²) in [4.78, 5) is 0. The van der Waals surface area contributed by atoms with Gasteiger partial charge in [0.25, 0.3) is 8.32 Å². The van der Waals surface area contributed by atoms with Crippen LogP contribution in [0.2, 0.25) is 5.04 Å². The van der Waals surface area contributed by atoms with Crippen LogP contribution in [-0.4, -0.2) is 14.9 Å². The molecule has 0 saturated carbocycles. The molecular formula is C22H29IOSi. The average Bonchev–Trinajstić information content (AvgIpc) is 2.55. The number of benzene rings is 2. The molecule has 0 N–H and O–H groups in total. The van der Waals surface area contributed by atoms with E-state index >= 15 is 0 Å². The Morgan fingerprint density at radius 2 is 1.44 bits per heavy atom. The standard InChI is InChI=1S/C22H29IOSi/c1-18(16-19(2)23)17-24-25(22(3,4)5,20-12-8-6-9-13-20)21-14-10-7-11-15-21/h6-16,18H,17H2,1-5H3/b19-16+/t18-/m0/s1. The molecule has 25 heavy (non-hydrogen) atoms. The first-order chi connectivity index (χ1) is 11.8. The number of halogens is 1. The van der Waals surface area contributed by atoms with E-state index in [0.717, 1.165) is 6.61 Å². The Morgan fingerprint density at radius 3 is 1.80 bits per heavy atom. The molecule has 0 aliphatic rings. The minimum absolute atomic E-state index is 0.0402. The molecule has 0 unspecified atom stereocenters. The molecule has 0 heterocycles. The van der Waals surface area contributed by atoms with Gasteiger partial charge >= 0.3 is 0 Å². The predicted octanol–water partition coefficient (Wildman–Crippen LogP) is 5.54. The van der Waals surface area contributed by atoms with Gasteiger partial charge in [0, 0.05) is 6.61 Å². The summed E-state index contributed by atoms with van der Waals surface area (Å²) in [6.07, 6.45) is 2.29. The summed E-state index contributed by atoms with van der Waals surface area (Å²) in [6.45, 7) is 12.1. The number of allylic oxidation sites excluding steroid dienone is 1. The van der Waals surface area contributed by atoms with Crippen LogP contribution in [0.15, 0.2) is 70.3 Å². The highest BCUT2D eigenvalue weighted by atomic mass is 127. The zero-order valence-electron chi connectivity index (χ0n) is 15.9. The van der Waals surface area contributed by atoms with Gasteiger partial charge in [-0.2, -0.15) is 0 Å². The molecule has 1 nitrogen and oxygen atoms in total. The molecule has 0 radical (unpaired) electrons. The van der Waals surface area contributed by atoms with Crippen molar-refractivity contribution in [2.45, 2.75) is 39.7 Å². The van der Waals surface area contributed by atoms with Gasteiger partial charge in [-0.15, -0.1) is 0 Å². The van der Waals surface area contributed by atoms with Crippen molar-refractivity contribution in [3.63, 3.8) is 0 Å². The summed E-state index contributed by atoms with van der Waals surface area (Å²) in [5.74, 6) is 0.401. The van der Waals surface area contributed by atoms with E-state index in [1.807, 2.05) is 0 Å². The van der Waals surface area contributed by atoms with E-state index < -0.39 is 8.32 Å². The molecular weight excluding hydrogens is 435 g/mol. The quantitative estimate of drug-likeness (QED) is 0.403. The highest BCUT2D eigenvalue weighted by molar-refractivity contribution is 14.1. The number of hydrogen-bond acceptors (Lipinski definition) is 1. The first kappa shape index (κ1) is 20.4. The second-order valence-corrected chi connectivity index (χ2v) is 13.7. The molecule has 3 heteroatoms. The van der Waals surface area contributed by atoms with Gasteiger partial charge in [-0.05, 0) is 54.4 Å². The predicted molar refractivity (Wildman–Crippen MR) is 121 cm³/mol. The Labute approximate surface area is 167 Å². The molecule has 0 aliphatic heterocycles. The van der Waals surface area contributed by atoms with Gasteiger partial charge in [0.2, 0.25) is 0 Å². The molecule has 0 aromatic heterocycles. The van der Waals surface area contributed by atoms with Gasteiger partial charge in [-0.25, -0.2) is 0 Å². The summed E-state index contributed by atoms with van der Waals surface area (Å²) in [5.41, 5.74) is 0. The molecule has 1 atom stereocenters. The van der Waals surface area contributed by atoms with Crippen molar-refractivity contribution in [3.8, 4) is 0 Å². The molecule has 134 valence electrons. The van der Waals surface area contributed by atoms with E-state index in [2.05, 4.69) is 124 Å². The van der Waals surface area contributed by atoms with Crippen LogP contribution in [0.25, 0.3) is 0 Å². The maximum atomic E-state index is 6.92. The molecule has 0 saturated heterocycles. The lowest BCUT2D eigenvalue weighted by Gasteiger charge is -2.43. The molecule has 0 aliphatic carbocycles. The zero-order chi connectivity index (χ0) is 18.5. The Bertz CT molecular complexity index is 645. The van der Waals surface area contributed by atoms with Crippen molar-refractivity contribution in [2.75, 3.05) is 6.61 Å². The maximum Gasteiger partial charge on any atom is 0.261 e. The smallest absolute Gasteiger partial charge is 0.261 e.